The van der Waals surface area contributed by atoms with Crippen LogP contribution in [0, 0.1) is 0 Å². The van der Waals surface area contributed by atoms with E-state index in [9.17, 15) is 9.59 Å². The first-order valence-corrected chi connectivity index (χ1v) is 8.77. The Hall–Kier alpha value is -2.27. The normalized spacial score (nSPS) is 10.6. The zero-order valence-electron chi connectivity index (χ0n) is 13.4. The number of aromatic nitrogens is 1. The Bertz CT molecular complexity index is 1010. The van der Waals surface area contributed by atoms with E-state index in [-0.39, 0.29) is 11.5 Å². The van der Waals surface area contributed by atoms with Crippen molar-refractivity contribution in [3.63, 3.8) is 0 Å². The van der Waals surface area contributed by atoms with Gasteiger partial charge in [-0.05, 0) is 42.0 Å². The molecule has 0 aliphatic carbocycles. The van der Waals surface area contributed by atoms with Gasteiger partial charge in [-0.15, -0.1) is 0 Å². The fourth-order valence-electron chi connectivity index (χ4n) is 2.35. The van der Waals surface area contributed by atoms with Crippen LogP contribution in [-0.4, -0.2) is 10.5 Å². The van der Waals surface area contributed by atoms with Crippen molar-refractivity contribution in [2.24, 2.45) is 0 Å². The molecule has 0 saturated heterocycles. The predicted molar refractivity (Wildman–Crippen MR) is 106 cm³/mol. The number of nitrogens with one attached hydrogen (secondary N) is 1. The Morgan fingerprint density at radius 3 is 2.35 bits per heavy atom. The molecule has 0 fully saturated rings. The van der Waals surface area contributed by atoms with Crippen LogP contribution in [0.3, 0.4) is 0 Å². The van der Waals surface area contributed by atoms with Gasteiger partial charge in [-0.3, -0.25) is 9.59 Å². The number of hydrogen-bond acceptors (Lipinski definition) is 2. The Morgan fingerprint density at radius 2 is 1.65 bits per heavy atom. The molecule has 3 aromatic rings. The summed E-state index contributed by atoms with van der Waals surface area (Å²) in [6.45, 7) is 0.337. The van der Waals surface area contributed by atoms with E-state index in [0.717, 1.165) is 5.56 Å². The smallest absolute Gasteiger partial charge is 0.257 e. The van der Waals surface area contributed by atoms with Crippen LogP contribution < -0.4 is 10.9 Å². The van der Waals surface area contributed by atoms with Crippen LogP contribution in [0.1, 0.15) is 15.9 Å². The Kier molecular flexibility index (Phi) is 5.67. The molecule has 132 valence electrons. The third-order valence-electron chi connectivity index (χ3n) is 3.69. The average Bonchev–Trinajstić information content (AvgIpc) is 2.62. The minimum atomic E-state index is -0.353. The van der Waals surface area contributed by atoms with E-state index in [1.807, 2.05) is 12.1 Å². The highest BCUT2D eigenvalue weighted by Crippen LogP contribution is 2.25. The van der Waals surface area contributed by atoms with E-state index < -0.39 is 0 Å². The number of carbonyl (C=O) groups excluding carboxylic acids is 1. The minimum Gasteiger partial charge on any atom is -0.322 e. The number of benzene rings is 2. The lowest BCUT2D eigenvalue weighted by Gasteiger charge is -2.10. The van der Waals surface area contributed by atoms with Crippen molar-refractivity contribution < 1.29 is 4.79 Å². The number of nitrogens with zero attached hydrogens (tertiary/aromatic N) is 1. The van der Waals surface area contributed by atoms with Crippen LogP contribution in [0.2, 0.25) is 15.1 Å². The van der Waals surface area contributed by atoms with E-state index in [1.165, 1.54) is 22.9 Å². The number of halogens is 3. The van der Waals surface area contributed by atoms with Crippen molar-refractivity contribution in [2.45, 2.75) is 6.54 Å². The SMILES string of the molecule is O=C(Nc1ccc(Cl)c(Cl)c1)c1ccc(=O)n(Cc2ccc(Cl)cc2)c1. The summed E-state index contributed by atoms with van der Waals surface area (Å²) in [6.07, 6.45) is 1.52. The zero-order chi connectivity index (χ0) is 18.7. The predicted octanol–water partition coefficient (Wildman–Crippen LogP) is 5.11. The molecule has 0 spiro atoms. The molecule has 1 heterocycles. The summed E-state index contributed by atoms with van der Waals surface area (Å²) in [5.74, 6) is -0.353. The summed E-state index contributed by atoms with van der Waals surface area (Å²) in [6, 6.07) is 14.8. The fourth-order valence-corrected chi connectivity index (χ4v) is 2.78. The van der Waals surface area contributed by atoms with Crippen molar-refractivity contribution in [3.8, 4) is 0 Å². The topological polar surface area (TPSA) is 51.1 Å². The lowest BCUT2D eigenvalue weighted by Crippen LogP contribution is -2.22. The second-order valence-corrected chi connectivity index (χ2v) is 6.84. The summed E-state index contributed by atoms with van der Waals surface area (Å²) < 4.78 is 1.47. The van der Waals surface area contributed by atoms with Crippen LogP contribution in [0.25, 0.3) is 0 Å². The van der Waals surface area contributed by atoms with E-state index in [4.69, 9.17) is 34.8 Å². The van der Waals surface area contributed by atoms with Gasteiger partial charge in [0.25, 0.3) is 11.5 Å². The quantitative estimate of drug-likeness (QED) is 0.653. The van der Waals surface area contributed by atoms with Crippen LogP contribution >= 0.6 is 34.8 Å². The lowest BCUT2D eigenvalue weighted by atomic mass is 10.2. The van der Waals surface area contributed by atoms with E-state index in [1.54, 1.807) is 30.3 Å². The Labute approximate surface area is 164 Å². The maximum atomic E-state index is 12.5. The highest BCUT2D eigenvalue weighted by Gasteiger charge is 2.10. The first-order valence-electron chi connectivity index (χ1n) is 7.64. The van der Waals surface area contributed by atoms with Crippen molar-refractivity contribution in [2.75, 3.05) is 5.32 Å². The molecule has 0 aliphatic heterocycles. The van der Waals surface area contributed by atoms with Crippen LogP contribution in [-0.2, 0) is 6.54 Å². The van der Waals surface area contributed by atoms with E-state index in [0.29, 0.717) is 32.9 Å². The highest BCUT2D eigenvalue weighted by molar-refractivity contribution is 6.42. The minimum absolute atomic E-state index is 0.203. The molecule has 2 aromatic carbocycles. The first kappa shape index (κ1) is 18.5. The van der Waals surface area contributed by atoms with Crippen molar-refractivity contribution in [1.82, 2.24) is 4.57 Å². The van der Waals surface area contributed by atoms with Crippen molar-refractivity contribution in [1.29, 1.82) is 0 Å². The third kappa shape index (κ3) is 4.47. The molecule has 0 saturated carbocycles. The fraction of sp³-hybridized carbons (Fsp3) is 0.0526. The average molecular weight is 408 g/mol. The second kappa shape index (κ2) is 7.96. The summed E-state index contributed by atoms with van der Waals surface area (Å²) in [7, 11) is 0. The molecule has 1 aromatic heterocycles. The van der Waals surface area contributed by atoms with Gasteiger partial charge in [0, 0.05) is 23.0 Å². The summed E-state index contributed by atoms with van der Waals surface area (Å²) in [5, 5.41) is 4.10. The maximum Gasteiger partial charge on any atom is 0.257 e. The highest BCUT2D eigenvalue weighted by atomic mass is 35.5. The number of anilines is 1. The van der Waals surface area contributed by atoms with Crippen LogP contribution in [0.5, 0.6) is 0 Å². The molecular weight excluding hydrogens is 395 g/mol. The van der Waals surface area contributed by atoms with Gasteiger partial charge in [-0.1, -0.05) is 46.9 Å². The van der Waals surface area contributed by atoms with Gasteiger partial charge < -0.3 is 9.88 Å². The molecule has 7 heteroatoms. The van der Waals surface area contributed by atoms with Crippen LogP contribution in [0.15, 0.2) is 65.6 Å². The van der Waals surface area contributed by atoms with E-state index in [2.05, 4.69) is 5.32 Å². The molecule has 0 aliphatic rings. The molecule has 3 rings (SSSR count). The zero-order valence-corrected chi connectivity index (χ0v) is 15.6. The molecule has 1 amide bonds. The van der Waals surface area contributed by atoms with Gasteiger partial charge in [-0.2, -0.15) is 0 Å². The van der Waals surface area contributed by atoms with E-state index >= 15 is 0 Å². The molecular formula is C19H13Cl3N2O2. The van der Waals surface area contributed by atoms with Gasteiger partial charge in [0.05, 0.1) is 22.2 Å². The lowest BCUT2D eigenvalue weighted by molar-refractivity contribution is 0.102. The van der Waals surface area contributed by atoms with Crippen LogP contribution in [0.4, 0.5) is 5.69 Å². The Morgan fingerprint density at radius 1 is 0.923 bits per heavy atom. The first-order chi connectivity index (χ1) is 12.4. The van der Waals surface area contributed by atoms with Crippen molar-refractivity contribution >= 4 is 46.4 Å². The number of hydrogen-bond donors (Lipinski definition) is 1. The van der Waals surface area contributed by atoms with Gasteiger partial charge in [0.15, 0.2) is 0 Å². The Balaban J connectivity index is 1.81. The molecule has 0 radical (unpaired) electrons. The molecule has 4 nitrogen and oxygen atoms in total. The number of pyridine rings is 1. The van der Waals surface area contributed by atoms with Gasteiger partial charge in [0.2, 0.25) is 0 Å². The largest absolute Gasteiger partial charge is 0.322 e. The second-order valence-electron chi connectivity index (χ2n) is 5.59. The molecule has 1 N–H and O–H groups in total. The molecule has 0 atom stereocenters. The van der Waals surface area contributed by atoms with Gasteiger partial charge >= 0.3 is 0 Å². The summed E-state index contributed by atoms with van der Waals surface area (Å²) in [4.78, 5) is 24.5. The number of rotatable bonds is 4. The summed E-state index contributed by atoms with van der Waals surface area (Å²) >= 11 is 17.7. The number of amides is 1. The summed E-state index contributed by atoms with van der Waals surface area (Å²) in [5.41, 5.74) is 1.56. The molecule has 0 unspecified atom stereocenters. The van der Waals surface area contributed by atoms with Crippen molar-refractivity contribution in [3.05, 3.63) is 97.3 Å². The monoisotopic (exact) mass is 406 g/mol. The maximum absolute atomic E-state index is 12.5. The van der Waals surface area contributed by atoms with Gasteiger partial charge in [-0.25, -0.2) is 0 Å². The molecule has 26 heavy (non-hydrogen) atoms. The standard InChI is InChI=1S/C19H13Cl3N2O2/c20-14-4-1-12(2-5-14)10-24-11-13(3-8-18(24)25)19(26)23-15-6-7-16(21)17(22)9-15/h1-9,11H,10H2,(H,23,26). The van der Waals surface area contributed by atoms with Gasteiger partial charge in [0.1, 0.15) is 0 Å². The number of carbonyl (C=O) groups is 1. The molecule has 0 bridgehead atoms. The third-order valence-corrected chi connectivity index (χ3v) is 4.68.